The molecule has 7 heteroatoms. The van der Waals surface area contributed by atoms with E-state index in [2.05, 4.69) is 0 Å². The zero-order valence-corrected chi connectivity index (χ0v) is 11.4. The van der Waals surface area contributed by atoms with E-state index in [-0.39, 0.29) is 10.6 Å². The molecule has 1 fully saturated rings. The Morgan fingerprint density at radius 1 is 1.22 bits per heavy atom. The molecule has 100 valence electrons. The summed E-state index contributed by atoms with van der Waals surface area (Å²) in [6.07, 6.45) is 0.814. The minimum Gasteiger partial charge on any atom is -0.399 e. The van der Waals surface area contributed by atoms with Crippen molar-refractivity contribution >= 4 is 27.5 Å². The van der Waals surface area contributed by atoms with E-state index >= 15 is 0 Å². The van der Waals surface area contributed by atoms with Crippen LogP contribution in [0.4, 0.5) is 10.1 Å². The molecule has 0 atom stereocenters. The Hall–Kier alpha value is -0.790. The van der Waals surface area contributed by atoms with Crippen molar-refractivity contribution in [2.75, 3.05) is 30.3 Å². The van der Waals surface area contributed by atoms with Crippen LogP contribution in [-0.4, -0.2) is 37.3 Å². The van der Waals surface area contributed by atoms with E-state index in [1.54, 1.807) is 11.8 Å². The number of halogens is 1. The molecule has 1 aromatic rings. The van der Waals surface area contributed by atoms with Gasteiger partial charge in [-0.05, 0) is 30.4 Å². The van der Waals surface area contributed by atoms with E-state index in [0.29, 0.717) is 13.1 Å². The zero-order chi connectivity index (χ0) is 13.2. The molecule has 1 aliphatic heterocycles. The van der Waals surface area contributed by atoms with Crippen LogP contribution < -0.4 is 5.73 Å². The second-order valence-corrected chi connectivity index (χ2v) is 7.25. The van der Waals surface area contributed by atoms with Crippen molar-refractivity contribution in [3.05, 3.63) is 24.0 Å². The molecule has 18 heavy (non-hydrogen) atoms. The molecule has 1 heterocycles. The molecule has 0 unspecified atom stereocenters. The number of hydrogen-bond donors (Lipinski definition) is 1. The number of nitrogens with two attached hydrogens (primary N) is 1. The third-order valence-electron chi connectivity index (χ3n) is 2.71. The lowest BCUT2D eigenvalue weighted by molar-refractivity contribution is 0.434. The number of hydrogen-bond acceptors (Lipinski definition) is 4. The molecule has 2 rings (SSSR count). The smallest absolute Gasteiger partial charge is 0.243 e. The predicted octanol–water partition coefficient (Wildman–Crippen LogP) is 1.54. The molecular weight excluding hydrogens is 275 g/mol. The number of nitrogen functional groups attached to an aromatic ring is 1. The second-order valence-electron chi connectivity index (χ2n) is 4.09. The summed E-state index contributed by atoms with van der Waals surface area (Å²) >= 11 is 1.73. The maximum Gasteiger partial charge on any atom is 0.243 e. The minimum atomic E-state index is -3.63. The van der Waals surface area contributed by atoms with Crippen molar-refractivity contribution in [3.63, 3.8) is 0 Å². The molecule has 1 aromatic carbocycles. The highest BCUT2D eigenvalue weighted by Gasteiger charge is 2.25. The van der Waals surface area contributed by atoms with Crippen LogP contribution in [-0.2, 0) is 10.0 Å². The number of thioether (sulfide) groups is 1. The van der Waals surface area contributed by atoms with Crippen molar-refractivity contribution in [2.45, 2.75) is 11.3 Å². The van der Waals surface area contributed by atoms with E-state index in [1.165, 1.54) is 10.4 Å². The Morgan fingerprint density at radius 2 is 2.00 bits per heavy atom. The van der Waals surface area contributed by atoms with Gasteiger partial charge >= 0.3 is 0 Å². The normalized spacial score (nSPS) is 18.5. The number of rotatable bonds is 2. The Kier molecular flexibility index (Phi) is 4.14. The van der Waals surface area contributed by atoms with Crippen molar-refractivity contribution in [3.8, 4) is 0 Å². The van der Waals surface area contributed by atoms with Crippen molar-refractivity contribution in [1.82, 2.24) is 4.31 Å². The zero-order valence-electron chi connectivity index (χ0n) is 9.80. The number of benzene rings is 1. The minimum absolute atomic E-state index is 0.0631. The third-order valence-corrected chi connectivity index (χ3v) is 5.64. The molecule has 1 saturated heterocycles. The third kappa shape index (κ3) is 2.96. The summed E-state index contributed by atoms with van der Waals surface area (Å²) in [7, 11) is -3.63. The van der Waals surface area contributed by atoms with Crippen LogP contribution in [0.1, 0.15) is 6.42 Å². The molecular formula is C11H15FN2O2S2. The number of anilines is 1. The molecule has 0 saturated carbocycles. The van der Waals surface area contributed by atoms with Gasteiger partial charge in [0, 0.05) is 24.5 Å². The van der Waals surface area contributed by atoms with Gasteiger partial charge in [0.15, 0.2) is 0 Å². The van der Waals surface area contributed by atoms with Gasteiger partial charge in [0.25, 0.3) is 0 Å². The van der Waals surface area contributed by atoms with Gasteiger partial charge in [0.2, 0.25) is 10.0 Å². The summed E-state index contributed by atoms with van der Waals surface area (Å²) in [6, 6.07) is 3.43. The summed E-state index contributed by atoms with van der Waals surface area (Å²) in [5.74, 6) is 1.10. The summed E-state index contributed by atoms with van der Waals surface area (Å²) in [5, 5.41) is 0. The fourth-order valence-electron chi connectivity index (χ4n) is 1.85. The van der Waals surface area contributed by atoms with Gasteiger partial charge in [-0.15, -0.1) is 0 Å². The molecule has 1 aliphatic rings. The maximum atomic E-state index is 13.2. The Balaban J connectivity index is 2.34. The first-order chi connectivity index (χ1) is 8.50. The lowest BCUT2D eigenvalue weighted by Gasteiger charge is -2.19. The van der Waals surface area contributed by atoms with Crippen LogP contribution in [0.25, 0.3) is 0 Å². The standard InChI is InChI=1S/C11H15FN2O2S2/c12-9-6-10(13)8-11(7-9)18(15,16)14-2-1-4-17-5-3-14/h6-8H,1-5,13H2. The highest BCUT2D eigenvalue weighted by atomic mass is 32.2. The summed E-state index contributed by atoms with van der Waals surface area (Å²) in [5.41, 5.74) is 5.61. The summed E-state index contributed by atoms with van der Waals surface area (Å²) in [4.78, 5) is -0.0631. The first-order valence-corrected chi connectivity index (χ1v) is 8.23. The van der Waals surface area contributed by atoms with Gasteiger partial charge in [-0.25, -0.2) is 12.8 Å². The van der Waals surface area contributed by atoms with Crippen molar-refractivity contribution in [2.24, 2.45) is 0 Å². The Bertz CT molecular complexity index is 506. The highest BCUT2D eigenvalue weighted by molar-refractivity contribution is 7.99. The molecule has 0 aliphatic carbocycles. The average Bonchev–Trinajstić information content (AvgIpc) is 2.56. The van der Waals surface area contributed by atoms with Crippen molar-refractivity contribution in [1.29, 1.82) is 0 Å². The summed E-state index contributed by atoms with van der Waals surface area (Å²) in [6.45, 7) is 0.940. The summed E-state index contributed by atoms with van der Waals surface area (Å²) < 4.78 is 39.3. The Labute approximate surface area is 110 Å². The SMILES string of the molecule is Nc1cc(F)cc(S(=O)(=O)N2CCCSCC2)c1. The number of sulfonamides is 1. The van der Waals surface area contributed by atoms with E-state index < -0.39 is 15.8 Å². The van der Waals surface area contributed by atoms with Gasteiger partial charge < -0.3 is 5.73 Å². The Morgan fingerprint density at radius 3 is 2.72 bits per heavy atom. The molecule has 0 bridgehead atoms. The van der Waals surface area contributed by atoms with Crippen LogP contribution in [0.2, 0.25) is 0 Å². The lowest BCUT2D eigenvalue weighted by Crippen LogP contribution is -2.33. The van der Waals surface area contributed by atoms with Gasteiger partial charge in [0.1, 0.15) is 5.82 Å². The molecule has 0 radical (unpaired) electrons. The average molecular weight is 290 g/mol. The van der Waals surface area contributed by atoms with Crippen LogP contribution in [0, 0.1) is 5.82 Å². The van der Waals surface area contributed by atoms with E-state index in [0.717, 1.165) is 30.1 Å². The first-order valence-electron chi connectivity index (χ1n) is 5.64. The van der Waals surface area contributed by atoms with Crippen LogP contribution in [0.15, 0.2) is 23.1 Å². The number of nitrogens with zero attached hydrogens (tertiary/aromatic N) is 1. The maximum absolute atomic E-state index is 13.2. The van der Waals surface area contributed by atoms with Crippen LogP contribution >= 0.6 is 11.8 Å². The first kappa shape index (κ1) is 13.6. The van der Waals surface area contributed by atoms with E-state index in [4.69, 9.17) is 5.73 Å². The van der Waals surface area contributed by atoms with Crippen LogP contribution in [0.3, 0.4) is 0 Å². The predicted molar refractivity (Wildman–Crippen MR) is 71.5 cm³/mol. The molecule has 0 aromatic heterocycles. The fourth-order valence-corrected chi connectivity index (χ4v) is 4.39. The highest BCUT2D eigenvalue weighted by Crippen LogP contribution is 2.22. The van der Waals surface area contributed by atoms with Gasteiger partial charge in [-0.3, -0.25) is 0 Å². The van der Waals surface area contributed by atoms with Gasteiger partial charge in [-0.2, -0.15) is 16.1 Å². The molecule has 0 amide bonds. The lowest BCUT2D eigenvalue weighted by atomic mass is 10.3. The van der Waals surface area contributed by atoms with Crippen LogP contribution in [0.5, 0.6) is 0 Å². The molecule has 4 nitrogen and oxygen atoms in total. The van der Waals surface area contributed by atoms with E-state index in [9.17, 15) is 12.8 Å². The molecule has 0 spiro atoms. The largest absolute Gasteiger partial charge is 0.399 e. The quantitative estimate of drug-likeness (QED) is 0.839. The fraction of sp³-hybridized carbons (Fsp3) is 0.455. The topological polar surface area (TPSA) is 63.4 Å². The second kappa shape index (κ2) is 5.46. The molecule has 2 N–H and O–H groups in total. The van der Waals surface area contributed by atoms with Crippen molar-refractivity contribution < 1.29 is 12.8 Å². The van der Waals surface area contributed by atoms with Gasteiger partial charge in [-0.1, -0.05) is 0 Å². The monoisotopic (exact) mass is 290 g/mol. The van der Waals surface area contributed by atoms with Gasteiger partial charge in [0.05, 0.1) is 4.90 Å². The van der Waals surface area contributed by atoms with E-state index in [1.807, 2.05) is 0 Å².